The summed E-state index contributed by atoms with van der Waals surface area (Å²) in [5.41, 5.74) is 2.13. The van der Waals surface area contributed by atoms with Crippen molar-refractivity contribution in [2.45, 2.75) is 0 Å². The Kier molecular flexibility index (Phi) is 5.53. The Balaban J connectivity index is 1.32. The van der Waals surface area contributed by atoms with E-state index in [0.29, 0.717) is 36.9 Å². The molecule has 2 heterocycles. The molecule has 0 atom stereocenters. The van der Waals surface area contributed by atoms with Crippen molar-refractivity contribution >= 4 is 28.4 Å². The minimum Gasteiger partial charge on any atom is -0.335 e. The molecule has 148 valence electrons. The number of aromatic nitrogens is 1. The van der Waals surface area contributed by atoms with Crippen LogP contribution in [-0.2, 0) is 0 Å². The van der Waals surface area contributed by atoms with Crippen molar-refractivity contribution in [3.8, 4) is 11.3 Å². The zero-order valence-electron chi connectivity index (χ0n) is 15.5. The van der Waals surface area contributed by atoms with E-state index in [1.807, 2.05) is 35.7 Å². The fourth-order valence-corrected chi connectivity index (χ4v) is 3.87. The Morgan fingerprint density at radius 2 is 1.69 bits per heavy atom. The number of nitrogens with zero attached hydrogens (tertiary/aromatic N) is 3. The van der Waals surface area contributed by atoms with Crippen LogP contribution in [0.5, 0.6) is 0 Å². The summed E-state index contributed by atoms with van der Waals surface area (Å²) in [7, 11) is 0. The zero-order chi connectivity index (χ0) is 20.2. The van der Waals surface area contributed by atoms with E-state index in [-0.39, 0.29) is 11.9 Å². The van der Waals surface area contributed by atoms with Crippen molar-refractivity contribution in [2.75, 3.05) is 31.5 Å². The molecule has 1 aliphatic rings. The van der Waals surface area contributed by atoms with Gasteiger partial charge < -0.3 is 9.80 Å². The van der Waals surface area contributed by atoms with Crippen LogP contribution in [0.4, 0.5) is 14.3 Å². The highest BCUT2D eigenvalue weighted by molar-refractivity contribution is 7.14. The van der Waals surface area contributed by atoms with Crippen LogP contribution in [0.3, 0.4) is 0 Å². The maximum Gasteiger partial charge on any atom is 0.323 e. The molecule has 1 aliphatic heterocycles. The molecule has 0 saturated carbocycles. The number of hydrogen-bond acceptors (Lipinski definition) is 4. The van der Waals surface area contributed by atoms with Gasteiger partial charge in [-0.2, -0.15) is 0 Å². The third kappa shape index (κ3) is 4.43. The van der Waals surface area contributed by atoms with Crippen molar-refractivity contribution in [1.82, 2.24) is 14.8 Å². The highest BCUT2D eigenvalue weighted by Gasteiger charge is 2.25. The molecule has 0 unspecified atom stereocenters. The smallest absolute Gasteiger partial charge is 0.323 e. The number of benzene rings is 2. The van der Waals surface area contributed by atoms with Gasteiger partial charge in [-0.05, 0) is 18.2 Å². The molecule has 2 aromatic carbocycles. The number of rotatable bonds is 3. The van der Waals surface area contributed by atoms with Crippen LogP contribution >= 0.6 is 11.3 Å². The first-order valence-corrected chi connectivity index (χ1v) is 10.1. The third-order valence-electron chi connectivity index (χ3n) is 4.71. The number of piperazine rings is 1. The Labute approximate surface area is 171 Å². The molecule has 8 heteroatoms. The number of urea groups is 1. The van der Waals surface area contributed by atoms with E-state index in [4.69, 9.17) is 0 Å². The second kappa shape index (κ2) is 8.40. The van der Waals surface area contributed by atoms with Gasteiger partial charge in [-0.15, -0.1) is 11.3 Å². The molecule has 1 saturated heterocycles. The molecule has 4 rings (SSSR count). The van der Waals surface area contributed by atoms with Crippen molar-refractivity contribution in [2.24, 2.45) is 0 Å². The molecule has 0 radical (unpaired) electrons. The van der Waals surface area contributed by atoms with Gasteiger partial charge in [0.25, 0.3) is 5.91 Å². The molecular weight excluding hydrogens is 391 g/mol. The summed E-state index contributed by atoms with van der Waals surface area (Å²) < 4.78 is 13.3. The SMILES string of the molecule is O=C(Nc1nc(-c2ccccc2)cs1)N1CCN(C(=O)c2cccc(F)c2)CC1. The lowest BCUT2D eigenvalue weighted by Crippen LogP contribution is -2.51. The van der Waals surface area contributed by atoms with Gasteiger partial charge in [0.2, 0.25) is 0 Å². The monoisotopic (exact) mass is 410 g/mol. The molecule has 1 aromatic heterocycles. The normalized spacial score (nSPS) is 14.0. The standard InChI is InChI=1S/C21H19FN4O2S/c22-17-8-4-7-16(13-17)19(27)25-9-11-26(12-10-25)21(28)24-20-23-18(14-29-20)15-5-2-1-3-6-15/h1-8,13-14H,9-12H2,(H,23,24,28). The Hall–Kier alpha value is -3.26. The number of anilines is 1. The van der Waals surface area contributed by atoms with E-state index in [1.54, 1.807) is 15.9 Å². The summed E-state index contributed by atoms with van der Waals surface area (Å²) >= 11 is 1.37. The number of carbonyl (C=O) groups excluding carboxylic acids is 2. The van der Waals surface area contributed by atoms with Gasteiger partial charge in [-0.1, -0.05) is 36.4 Å². The summed E-state index contributed by atoms with van der Waals surface area (Å²) in [5.74, 6) is -0.663. The van der Waals surface area contributed by atoms with Crippen molar-refractivity contribution < 1.29 is 14.0 Å². The van der Waals surface area contributed by atoms with Crippen LogP contribution in [0.2, 0.25) is 0 Å². The van der Waals surface area contributed by atoms with E-state index in [2.05, 4.69) is 10.3 Å². The zero-order valence-corrected chi connectivity index (χ0v) is 16.4. The predicted octanol–water partition coefficient (Wildman–Crippen LogP) is 3.94. The maximum absolute atomic E-state index is 13.3. The van der Waals surface area contributed by atoms with Gasteiger partial charge >= 0.3 is 6.03 Å². The summed E-state index contributed by atoms with van der Waals surface area (Å²) in [5, 5.41) is 5.26. The fraction of sp³-hybridized carbons (Fsp3) is 0.190. The fourth-order valence-electron chi connectivity index (χ4n) is 3.16. The minimum absolute atomic E-state index is 0.225. The molecule has 6 nitrogen and oxygen atoms in total. The van der Waals surface area contributed by atoms with Crippen molar-refractivity contribution in [3.63, 3.8) is 0 Å². The van der Waals surface area contributed by atoms with Crippen LogP contribution in [0.15, 0.2) is 60.0 Å². The Morgan fingerprint density at radius 1 is 0.966 bits per heavy atom. The second-order valence-corrected chi connectivity index (χ2v) is 7.48. The number of hydrogen-bond donors (Lipinski definition) is 1. The lowest BCUT2D eigenvalue weighted by atomic mass is 10.2. The molecule has 1 N–H and O–H groups in total. The second-order valence-electron chi connectivity index (χ2n) is 6.62. The van der Waals surface area contributed by atoms with Gasteiger partial charge in [-0.25, -0.2) is 14.2 Å². The van der Waals surface area contributed by atoms with Crippen LogP contribution in [0, 0.1) is 5.82 Å². The number of amides is 3. The lowest BCUT2D eigenvalue weighted by Gasteiger charge is -2.34. The molecule has 0 spiro atoms. The topological polar surface area (TPSA) is 65.5 Å². The molecule has 3 aromatic rings. The van der Waals surface area contributed by atoms with Gasteiger partial charge in [-0.3, -0.25) is 10.1 Å². The molecule has 0 bridgehead atoms. The van der Waals surface area contributed by atoms with Crippen LogP contribution in [0.25, 0.3) is 11.3 Å². The first kappa shape index (κ1) is 19.1. The Bertz CT molecular complexity index is 1020. The number of carbonyl (C=O) groups is 2. The van der Waals surface area contributed by atoms with Gasteiger partial charge in [0, 0.05) is 42.7 Å². The van der Waals surface area contributed by atoms with Crippen LogP contribution in [-0.4, -0.2) is 52.9 Å². The number of halogens is 1. The van der Waals surface area contributed by atoms with Gasteiger partial charge in [0.15, 0.2) is 5.13 Å². The largest absolute Gasteiger partial charge is 0.335 e. The molecule has 3 amide bonds. The number of nitrogens with one attached hydrogen (secondary N) is 1. The van der Waals surface area contributed by atoms with Crippen molar-refractivity contribution in [1.29, 1.82) is 0 Å². The quantitative estimate of drug-likeness (QED) is 0.711. The van der Waals surface area contributed by atoms with Crippen LogP contribution in [0.1, 0.15) is 10.4 Å². The summed E-state index contributed by atoms with van der Waals surface area (Å²) in [6.07, 6.45) is 0. The third-order valence-corrected chi connectivity index (χ3v) is 5.47. The minimum atomic E-state index is -0.438. The van der Waals surface area contributed by atoms with E-state index < -0.39 is 5.82 Å². The average Bonchev–Trinajstić information content (AvgIpc) is 3.22. The van der Waals surface area contributed by atoms with E-state index in [9.17, 15) is 14.0 Å². The highest BCUT2D eigenvalue weighted by Crippen LogP contribution is 2.25. The van der Waals surface area contributed by atoms with E-state index in [0.717, 1.165) is 11.3 Å². The van der Waals surface area contributed by atoms with Crippen LogP contribution < -0.4 is 5.32 Å². The summed E-state index contributed by atoms with van der Waals surface area (Å²) in [6, 6.07) is 15.2. The van der Waals surface area contributed by atoms with Gasteiger partial charge in [0.1, 0.15) is 5.82 Å². The van der Waals surface area contributed by atoms with E-state index >= 15 is 0 Å². The summed E-state index contributed by atoms with van der Waals surface area (Å²) in [4.78, 5) is 32.8. The lowest BCUT2D eigenvalue weighted by molar-refractivity contribution is 0.0671. The molecule has 1 fully saturated rings. The average molecular weight is 410 g/mol. The molecule has 29 heavy (non-hydrogen) atoms. The van der Waals surface area contributed by atoms with Gasteiger partial charge in [0.05, 0.1) is 5.69 Å². The summed E-state index contributed by atoms with van der Waals surface area (Å²) in [6.45, 7) is 1.61. The number of thiazole rings is 1. The van der Waals surface area contributed by atoms with Crippen molar-refractivity contribution in [3.05, 3.63) is 71.4 Å². The molecular formula is C21H19FN4O2S. The van der Waals surface area contributed by atoms with E-state index in [1.165, 1.54) is 29.5 Å². The first-order chi connectivity index (χ1) is 14.1. The Morgan fingerprint density at radius 3 is 2.41 bits per heavy atom. The molecule has 0 aliphatic carbocycles. The highest BCUT2D eigenvalue weighted by atomic mass is 32.1. The predicted molar refractivity (Wildman–Crippen MR) is 110 cm³/mol. The maximum atomic E-state index is 13.3. The first-order valence-electron chi connectivity index (χ1n) is 9.22.